The first-order valence-corrected chi connectivity index (χ1v) is 5.71. The minimum atomic E-state index is -1.04. The lowest BCUT2D eigenvalue weighted by Crippen LogP contribution is -2.37. The van der Waals surface area contributed by atoms with E-state index in [2.05, 4.69) is 4.98 Å². The second-order valence-electron chi connectivity index (χ2n) is 4.45. The summed E-state index contributed by atoms with van der Waals surface area (Å²) in [5.41, 5.74) is 0.205. The molecular formula is C12H14N2O4. The van der Waals surface area contributed by atoms with Crippen molar-refractivity contribution in [1.29, 1.82) is 0 Å². The molecule has 0 aromatic carbocycles. The van der Waals surface area contributed by atoms with E-state index in [4.69, 9.17) is 5.11 Å². The average Bonchev–Trinajstić information content (AvgIpc) is 3.10. The molecule has 0 bridgehead atoms. The fraction of sp³-hybridized carbons (Fsp3) is 0.417. The van der Waals surface area contributed by atoms with Gasteiger partial charge in [0.2, 0.25) is 0 Å². The normalized spacial score (nSPS) is 14.2. The van der Waals surface area contributed by atoms with Crippen LogP contribution in [0.25, 0.3) is 0 Å². The predicted octanol–water partition coefficient (Wildman–Crippen LogP) is 0.724. The SMILES string of the molecule is O=C(O)CN(CC1CC1)C(=O)c1cncc(O)c1. The van der Waals surface area contributed by atoms with Gasteiger partial charge in [-0.05, 0) is 24.8 Å². The Kier molecular flexibility index (Phi) is 3.45. The maximum atomic E-state index is 12.1. The van der Waals surface area contributed by atoms with Gasteiger partial charge < -0.3 is 15.1 Å². The van der Waals surface area contributed by atoms with Gasteiger partial charge in [-0.25, -0.2) is 0 Å². The number of pyridine rings is 1. The topological polar surface area (TPSA) is 90.7 Å². The smallest absolute Gasteiger partial charge is 0.323 e. The third kappa shape index (κ3) is 3.19. The number of nitrogens with zero attached hydrogens (tertiary/aromatic N) is 2. The summed E-state index contributed by atoms with van der Waals surface area (Å²) in [6, 6.07) is 1.29. The highest BCUT2D eigenvalue weighted by Gasteiger charge is 2.28. The quantitative estimate of drug-likeness (QED) is 0.803. The van der Waals surface area contributed by atoms with Gasteiger partial charge in [0.25, 0.3) is 5.91 Å². The van der Waals surface area contributed by atoms with E-state index in [1.165, 1.54) is 23.4 Å². The van der Waals surface area contributed by atoms with Gasteiger partial charge >= 0.3 is 5.97 Å². The first-order chi connectivity index (χ1) is 8.56. The van der Waals surface area contributed by atoms with Crippen LogP contribution in [0.4, 0.5) is 0 Å². The minimum absolute atomic E-state index is 0.109. The molecule has 6 nitrogen and oxygen atoms in total. The Bertz CT molecular complexity index is 471. The zero-order chi connectivity index (χ0) is 13.1. The fourth-order valence-electron chi connectivity index (χ4n) is 1.72. The average molecular weight is 250 g/mol. The Morgan fingerprint density at radius 3 is 2.67 bits per heavy atom. The molecule has 0 saturated heterocycles. The van der Waals surface area contributed by atoms with Crippen LogP contribution in [0.1, 0.15) is 23.2 Å². The fourth-order valence-corrected chi connectivity index (χ4v) is 1.72. The molecule has 0 atom stereocenters. The van der Waals surface area contributed by atoms with Gasteiger partial charge in [0.15, 0.2) is 0 Å². The van der Waals surface area contributed by atoms with Gasteiger partial charge in [-0.15, -0.1) is 0 Å². The standard InChI is InChI=1S/C12H14N2O4/c15-10-3-9(4-13-5-10)12(18)14(7-11(16)17)6-8-1-2-8/h3-5,8,15H,1-2,6-7H2,(H,16,17). The molecular weight excluding hydrogens is 236 g/mol. The number of aromatic hydroxyl groups is 1. The number of carboxylic acid groups (broad SMARTS) is 1. The highest BCUT2D eigenvalue weighted by Crippen LogP contribution is 2.30. The van der Waals surface area contributed by atoms with Crippen molar-refractivity contribution in [2.45, 2.75) is 12.8 Å². The van der Waals surface area contributed by atoms with Crippen molar-refractivity contribution in [3.05, 3.63) is 24.0 Å². The van der Waals surface area contributed by atoms with E-state index < -0.39 is 11.9 Å². The predicted molar refractivity (Wildman–Crippen MR) is 62.2 cm³/mol. The van der Waals surface area contributed by atoms with E-state index in [-0.39, 0.29) is 17.9 Å². The van der Waals surface area contributed by atoms with E-state index in [1.807, 2.05) is 0 Å². The van der Waals surface area contributed by atoms with Gasteiger partial charge in [0.05, 0.1) is 11.8 Å². The molecule has 1 fully saturated rings. The molecule has 1 saturated carbocycles. The zero-order valence-corrected chi connectivity index (χ0v) is 9.74. The highest BCUT2D eigenvalue weighted by atomic mass is 16.4. The van der Waals surface area contributed by atoms with Crippen LogP contribution in [-0.4, -0.2) is 45.1 Å². The van der Waals surface area contributed by atoms with Crippen molar-refractivity contribution >= 4 is 11.9 Å². The Balaban J connectivity index is 2.12. The van der Waals surface area contributed by atoms with E-state index in [0.29, 0.717) is 12.5 Å². The van der Waals surface area contributed by atoms with Gasteiger partial charge in [-0.2, -0.15) is 0 Å². The summed E-state index contributed by atoms with van der Waals surface area (Å²) in [4.78, 5) is 27.9. The molecule has 0 radical (unpaired) electrons. The molecule has 1 aliphatic carbocycles. The Labute approximate surface area is 104 Å². The van der Waals surface area contributed by atoms with E-state index >= 15 is 0 Å². The second kappa shape index (κ2) is 5.03. The molecule has 2 rings (SSSR count). The number of carbonyl (C=O) groups excluding carboxylic acids is 1. The van der Waals surface area contributed by atoms with Gasteiger partial charge in [0, 0.05) is 12.7 Å². The molecule has 1 amide bonds. The summed E-state index contributed by atoms with van der Waals surface area (Å²) < 4.78 is 0. The van der Waals surface area contributed by atoms with Crippen molar-refractivity contribution in [1.82, 2.24) is 9.88 Å². The summed E-state index contributed by atoms with van der Waals surface area (Å²) >= 11 is 0. The first-order valence-electron chi connectivity index (χ1n) is 5.71. The molecule has 0 aliphatic heterocycles. The molecule has 1 aromatic rings. The largest absolute Gasteiger partial charge is 0.506 e. The van der Waals surface area contributed by atoms with Crippen LogP contribution in [0.5, 0.6) is 5.75 Å². The second-order valence-corrected chi connectivity index (χ2v) is 4.45. The zero-order valence-electron chi connectivity index (χ0n) is 9.74. The maximum absolute atomic E-state index is 12.1. The third-order valence-corrected chi connectivity index (χ3v) is 2.76. The number of carboxylic acids is 1. The van der Waals surface area contributed by atoms with Crippen LogP contribution < -0.4 is 0 Å². The van der Waals surface area contributed by atoms with Gasteiger partial charge in [-0.1, -0.05) is 0 Å². The molecule has 1 heterocycles. The van der Waals surface area contributed by atoms with Crippen LogP contribution in [-0.2, 0) is 4.79 Å². The Hall–Kier alpha value is -2.11. The van der Waals surface area contributed by atoms with E-state index in [0.717, 1.165) is 12.8 Å². The van der Waals surface area contributed by atoms with Crippen molar-refractivity contribution in [3.63, 3.8) is 0 Å². The van der Waals surface area contributed by atoms with Gasteiger partial charge in [-0.3, -0.25) is 14.6 Å². The number of hydrogen-bond acceptors (Lipinski definition) is 4. The van der Waals surface area contributed by atoms with E-state index in [9.17, 15) is 14.7 Å². The van der Waals surface area contributed by atoms with Crippen molar-refractivity contribution in [2.75, 3.05) is 13.1 Å². The van der Waals surface area contributed by atoms with Gasteiger partial charge in [0.1, 0.15) is 12.3 Å². The summed E-state index contributed by atoms with van der Waals surface area (Å²) in [5, 5.41) is 18.1. The monoisotopic (exact) mass is 250 g/mol. The Morgan fingerprint density at radius 2 is 2.11 bits per heavy atom. The van der Waals surface area contributed by atoms with Crippen molar-refractivity contribution in [2.24, 2.45) is 5.92 Å². The molecule has 18 heavy (non-hydrogen) atoms. The lowest BCUT2D eigenvalue weighted by Gasteiger charge is -2.20. The summed E-state index contributed by atoms with van der Waals surface area (Å²) in [6.07, 6.45) is 4.60. The molecule has 0 unspecified atom stereocenters. The van der Waals surface area contributed by atoms with Crippen LogP contribution >= 0.6 is 0 Å². The molecule has 1 aliphatic rings. The lowest BCUT2D eigenvalue weighted by atomic mass is 10.2. The van der Waals surface area contributed by atoms with Crippen LogP contribution in [0.2, 0.25) is 0 Å². The summed E-state index contributed by atoms with van der Waals surface area (Å²) in [5.74, 6) is -1.16. The molecule has 0 spiro atoms. The molecule has 1 aromatic heterocycles. The summed E-state index contributed by atoms with van der Waals surface area (Å²) in [7, 11) is 0. The maximum Gasteiger partial charge on any atom is 0.323 e. The third-order valence-electron chi connectivity index (χ3n) is 2.76. The van der Waals surface area contributed by atoms with Crippen molar-refractivity contribution in [3.8, 4) is 5.75 Å². The summed E-state index contributed by atoms with van der Waals surface area (Å²) in [6.45, 7) is 0.117. The van der Waals surface area contributed by atoms with Crippen molar-refractivity contribution < 1.29 is 19.8 Å². The number of amides is 1. The van der Waals surface area contributed by atoms with Crippen LogP contribution in [0.3, 0.4) is 0 Å². The first kappa shape index (κ1) is 12.3. The number of aromatic nitrogens is 1. The van der Waals surface area contributed by atoms with Crippen LogP contribution in [0, 0.1) is 5.92 Å². The molecule has 96 valence electrons. The minimum Gasteiger partial charge on any atom is -0.506 e. The number of hydrogen-bond donors (Lipinski definition) is 2. The molecule has 2 N–H and O–H groups in total. The lowest BCUT2D eigenvalue weighted by molar-refractivity contribution is -0.137. The number of rotatable bonds is 5. The van der Waals surface area contributed by atoms with Crippen LogP contribution in [0.15, 0.2) is 18.5 Å². The highest BCUT2D eigenvalue weighted by molar-refractivity contribution is 5.95. The Morgan fingerprint density at radius 1 is 1.39 bits per heavy atom. The van der Waals surface area contributed by atoms with E-state index in [1.54, 1.807) is 0 Å². The number of carbonyl (C=O) groups is 2. The number of aliphatic carboxylic acids is 1. The molecule has 6 heteroatoms.